The predicted octanol–water partition coefficient (Wildman–Crippen LogP) is 5.80. The van der Waals surface area contributed by atoms with Gasteiger partial charge in [-0.25, -0.2) is 8.78 Å². The third kappa shape index (κ3) is 3.23. The molecule has 0 unspecified atom stereocenters. The van der Waals surface area contributed by atoms with Crippen molar-refractivity contribution in [3.05, 3.63) is 74.9 Å². The lowest BCUT2D eigenvalue weighted by Crippen LogP contribution is -2.41. The monoisotopic (exact) mass is 421 g/mol. The molecule has 1 atom stereocenters. The number of hydrogen-bond donors (Lipinski definition) is 0. The van der Waals surface area contributed by atoms with Crippen LogP contribution in [0.2, 0.25) is 10.0 Å². The van der Waals surface area contributed by atoms with E-state index in [0.717, 1.165) is 12.1 Å². The number of rotatable bonds is 2. The van der Waals surface area contributed by atoms with Gasteiger partial charge in [0.2, 0.25) is 5.91 Å². The Bertz CT molecular complexity index is 1040. The molecule has 28 heavy (non-hydrogen) atoms. The minimum absolute atomic E-state index is 0.0389. The van der Waals surface area contributed by atoms with Crippen molar-refractivity contribution in [2.24, 2.45) is 0 Å². The summed E-state index contributed by atoms with van der Waals surface area (Å²) in [5, 5.41) is 0.826. The van der Waals surface area contributed by atoms with Crippen LogP contribution in [0.4, 0.5) is 14.5 Å². The standard InChI is InChI=1S/C21H15Cl2F2NO2/c22-11-4-6-13(15(23)8-11)14-10-20(28)26(17-7-5-12(24)9-16(17)25)18-2-1-3-19(27)21(14)18/h4-9,14H,1-3,10H2/t14-/m0/s1. The lowest BCUT2D eigenvalue weighted by Gasteiger charge is -2.38. The van der Waals surface area contributed by atoms with Crippen LogP contribution in [0.25, 0.3) is 0 Å². The summed E-state index contributed by atoms with van der Waals surface area (Å²) in [6, 6.07) is 7.99. The zero-order chi connectivity index (χ0) is 20.0. The molecule has 1 aliphatic heterocycles. The molecule has 0 saturated carbocycles. The topological polar surface area (TPSA) is 37.4 Å². The summed E-state index contributed by atoms with van der Waals surface area (Å²) in [5.74, 6) is -2.54. The van der Waals surface area contributed by atoms with Gasteiger partial charge < -0.3 is 0 Å². The van der Waals surface area contributed by atoms with Crippen molar-refractivity contribution in [2.45, 2.75) is 31.6 Å². The van der Waals surface area contributed by atoms with Gasteiger partial charge in [0.25, 0.3) is 0 Å². The highest BCUT2D eigenvalue weighted by atomic mass is 35.5. The Morgan fingerprint density at radius 3 is 2.50 bits per heavy atom. The molecular weight excluding hydrogens is 407 g/mol. The lowest BCUT2D eigenvalue weighted by atomic mass is 9.77. The van der Waals surface area contributed by atoms with E-state index in [1.807, 2.05) is 0 Å². The first-order valence-electron chi connectivity index (χ1n) is 8.86. The molecule has 2 aliphatic rings. The number of allylic oxidation sites excluding steroid dienone is 2. The summed E-state index contributed by atoms with van der Waals surface area (Å²) in [6.07, 6.45) is 1.33. The predicted molar refractivity (Wildman–Crippen MR) is 104 cm³/mol. The lowest BCUT2D eigenvalue weighted by molar-refractivity contribution is -0.120. The smallest absolute Gasteiger partial charge is 0.232 e. The van der Waals surface area contributed by atoms with Gasteiger partial charge in [0, 0.05) is 46.1 Å². The maximum Gasteiger partial charge on any atom is 0.232 e. The van der Waals surface area contributed by atoms with E-state index in [0.29, 0.717) is 46.1 Å². The van der Waals surface area contributed by atoms with Gasteiger partial charge in [-0.3, -0.25) is 14.5 Å². The number of nitrogens with zero attached hydrogens (tertiary/aromatic N) is 1. The number of anilines is 1. The average Bonchev–Trinajstić information content (AvgIpc) is 2.62. The second kappa shape index (κ2) is 7.30. The zero-order valence-corrected chi connectivity index (χ0v) is 16.2. The van der Waals surface area contributed by atoms with Crippen molar-refractivity contribution in [1.82, 2.24) is 0 Å². The van der Waals surface area contributed by atoms with Gasteiger partial charge in [0.05, 0.1) is 5.69 Å². The Kier molecular flexibility index (Phi) is 4.98. The number of ketones is 1. The molecule has 4 rings (SSSR count). The molecule has 7 heteroatoms. The van der Waals surface area contributed by atoms with Crippen LogP contribution in [0.5, 0.6) is 0 Å². The molecule has 2 aromatic rings. The fourth-order valence-corrected chi connectivity index (χ4v) is 4.52. The highest BCUT2D eigenvalue weighted by molar-refractivity contribution is 6.35. The highest BCUT2D eigenvalue weighted by Gasteiger charge is 2.41. The zero-order valence-electron chi connectivity index (χ0n) is 14.6. The molecular formula is C21H15Cl2F2NO2. The van der Waals surface area contributed by atoms with Crippen molar-refractivity contribution < 1.29 is 18.4 Å². The molecule has 1 amide bonds. The van der Waals surface area contributed by atoms with Gasteiger partial charge in [-0.15, -0.1) is 0 Å². The Labute approximate surface area is 170 Å². The quantitative estimate of drug-likeness (QED) is 0.614. The molecule has 1 aliphatic carbocycles. The second-order valence-electron chi connectivity index (χ2n) is 6.88. The molecule has 2 aromatic carbocycles. The van der Waals surface area contributed by atoms with E-state index in [-0.39, 0.29) is 23.8 Å². The van der Waals surface area contributed by atoms with Crippen molar-refractivity contribution in [3.8, 4) is 0 Å². The van der Waals surface area contributed by atoms with Crippen LogP contribution in [0, 0.1) is 11.6 Å². The van der Waals surface area contributed by atoms with Crippen molar-refractivity contribution in [1.29, 1.82) is 0 Å². The first-order chi connectivity index (χ1) is 13.4. The van der Waals surface area contributed by atoms with Crippen LogP contribution in [0.3, 0.4) is 0 Å². The van der Waals surface area contributed by atoms with Gasteiger partial charge in [0.1, 0.15) is 11.6 Å². The Hall–Kier alpha value is -2.24. The van der Waals surface area contributed by atoms with Crippen LogP contribution in [0.1, 0.15) is 37.2 Å². The van der Waals surface area contributed by atoms with Gasteiger partial charge in [-0.2, -0.15) is 0 Å². The largest absolute Gasteiger partial charge is 0.294 e. The van der Waals surface area contributed by atoms with Crippen LogP contribution < -0.4 is 4.90 Å². The molecule has 144 valence electrons. The molecule has 0 radical (unpaired) electrons. The van der Waals surface area contributed by atoms with E-state index in [4.69, 9.17) is 23.2 Å². The summed E-state index contributed by atoms with van der Waals surface area (Å²) in [7, 11) is 0. The number of benzene rings is 2. The first-order valence-corrected chi connectivity index (χ1v) is 9.61. The normalized spacial score (nSPS) is 19.9. The summed E-state index contributed by atoms with van der Waals surface area (Å²) in [5.41, 5.74) is 1.53. The van der Waals surface area contributed by atoms with Gasteiger partial charge in [0.15, 0.2) is 5.78 Å². The Balaban J connectivity index is 1.89. The Morgan fingerprint density at radius 1 is 1.00 bits per heavy atom. The third-order valence-corrected chi connectivity index (χ3v) is 5.73. The molecule has 0 bridgehead atoms. The van der Waals surface area contributed by atoms with Gasteiger partial charge in [-0.1, -0.05) is 29.3 Å². The Morgan fingerprint density at radius 2 is 1.79 bits per heavy atom. The number of halogens is 4. The maximum atomic E-state index is 14.4. The molecule has 3 nitrogen and oxygen atoms in total. The van der Waals surface area contributed by atoms with E-state index in [2.05, 4.69) is 0 Å². The second-order valence-corrected chi connectivity index (χ2v) is 7.73. The van der Waals surface area contributed by atoms with Gasteiger partial charge in [-0.05, 0) is 42.7 Å². The molecule has 0 N–H and O–H groups in total. The highest BCUT2D eigenvalue weighted by Crippen LogP contribution is 2.45. The van der Waals surface area contributed by atoms with Crippen LogP contribution in [-0.2, 0) is 9.59 Å². The maximum absolute atomic E-state index is 14.4. The van der Waals surface area contributed by atoms with E-state index < -0.39 is 17.6 Å². The summed E-state index contributed by atoms with van der Waals surface area (Å²) >= 11 is 12.3. The van der Waals surface area contributed by atoms with Crippen molar-refractivity contribution in [3.63, 3.8) is 0 Å². The summed E-state index contributed by atoms with van der Waals surface area (Å²) in [4.78, 5) is 27.0. The van der Waals surface area contributed by atoms with Crippen LogP contribution in [-0.4, -0.2) is 11.7 Å². The molecule has 1 heterocycles. The minimum Gasteiger partial charge on any atom is -0.294 e. The molecule has 0 fully saturated rings. The van der Waals surface area contributed by atoms with E-state index in [1.165, 1.54) is 11.0 Å². The minimum atomic E-state index is -0.846. The summed E-state index contributed by atoms with van der Waals surface area (Å²) < 4.78 is 27.7. The number of amides is 1. The van der Waals surface area contributed by atoms with Gasteiger partial charge >= 0.3 is 0 Å². The number of carbonyl (C=O) groups is 2. The third-order valence-electron chi connectivity index (χ3n) is 5.16. The van der Waals surface area contributed by atoms with E-state index >= 15 is 0 Å². The van der Waals surface area contributed by atoms with Crippen LogP contribution in [0.15, 0.2) is 47.7 Å². The fourth-order valence-electron chi connectivity index (χ4n) is 3.98. The van der Waals surface area contributed by atoms with E-state index in [9.17, 15) is 18.4 Å². The molecule has 0 aromatic heterocycles. The summed E-state index contributed by atoms with van der Waals surface area (Å²) in [6.45, 7) is 0. The average molecular weight is 422 g/mol. The van der Waals surface area contributed by atoms with Crippen molar-refractivity contribution in [2.75, 3.05) is 4.90 Å². The number of carbonyl (C=O) groups excluding carboxylic acids is 2. The molecule has 0 spiro atoms. The number of hydrogen-bond acceptors (Lipinski definition) is 2. The van der Waals surface area contributed by atoms with E-state index in [1.54, 1.807) is 18.2 Å². The first kappa shape index (κ1) is 19.1. The number of Topliss-reactive ketones (excluding diaryl/α,β-unsaturated/α-hetero) is 1. The fraction of sp³-hybridized carbons (Fsp3) is 0.238. The van der Waals surface area contributed by atoms with Crippen LogP contribution >= 0.6 is 23.2 Å². The van der Waals surface area contributed by atoms with Crippen molar-refractivity contribution >= 4 is 40.6 Å². The molecule has 0 saturated heterocycles. The SMILES string of the molecule is O=C1CCCC2=C1[C@H](c1ccc(Cl)cc1Cl)CC(=O)N2c1ccc(F)cc1F.